The highest BCUT2D eigenvalue weighted by Gasteiger charge is 2.23. The minimum atomic E-state index is -3.50. The third-order valence-corrected chi connectivity index (χ3v) is 6.13. The van der Waals surface area contributed by atoms with Crippen LogP contribution >= 0.6 is 0 Å². The van der Waals surface area contributed by atoms with Gasteiger partial charge in [-0.05, 0) is 48.4 Å². The van der Waals surface area contributed by atoms with Gasteiger partial charge in [-0.15, -0.1) is 0 Å². The molecule has 0 saturated heterocycles. The van der Waals surface area contributed by atoms with Gasteiger partial charge >= 0.3 is 0 Å². The highest BCUT2D eigenvalue weighted by atomic mass is 32.2. The molecule has 0 spiro atoms. The second kappa shape index (κ2) is 10.7. The molecule has 1 aliphatic carbocycles. The zero-order valence-electron chi connectivity index (χ0n) is 16.8. The molecule has 0 aromatic heterocycles. The highest BCUT2D eigenvalue weighted by molar-refractivity contribution is 7.89. The molecule has 0 radical (unpaired) electrons. The van der Waals surface area contributed by atoms with Crippen molar-refractivity contribution >= 4 is 10.0 Å². The Balaban J connectivity index is 1.72. The van der Waals surface area contributed by atoms with Gasteiger partial charge in [0.05, 0.1) is 25.0 Å². The number of benzene rings is 2. The summed E-state index contributed by atoms with van der Waals surface area (Å²) in [6.45, 7) is 1.20. The van der Waals surface area contributed by atoms with E-state index < -0.39 is 16.1 Å². The normalized spacial score (nSPS) is 15.2. The van der Waals surface area contributed by atoms with E-state index >= 15 is 0 Å². The summed E-state index contributed by atoms with van der Waals surface area (Å²) >= 11 is 0. The lowest BCUT2D eigenvalue weighted by Gasteiger charge is -2.20. The molecule has 1 unspecified atom stereocenters. The molecule has 1 saturated carbocycles. The van der Waals surface area contributed by atoms with Crippen molar-refractivity contribution in [1.29, 1.82) is 0 Å². The maximum atomic E-state index is 12.7. The van der Waals surface area contributed by atoms with Crippen molar-refractivity contribution in [3.8, 4) is 5.75 Å². The maximum Gasteiger partial charge on any atom is 0.212 e. The fraction of sp³-hybridized carbons (Fsp3) is 0.455. The fourth-order valence-electron chi connectivity index (χ4n) is 2.99. The van der Waals surface area contributed by atoms with Crippen LogP contribution in [-0.2, 0) is 19.5 Å². The number of hydrogen-bond acceptors (Lipinski definition) is 5. The molecule has 29 heavy (non-hydrogen) atoms. The Morgan fingerprint density at radius 1 is 1.07 bits per heavy atom. The van der Waals surface area contributed by atoms with E-state index in [9.17, 15) is 8.42 Å². The van der Waals surface area contributed by atoms with Crippen molar-refractivity contribution in [3.05, 3.63) is 65.7 Å². The van der Waals surface area contributed by atoms with Gasteiger partial charge in [0.25, 0.3) is 0 Å². The van der Waals surface area contributed by atoms with Crippen molar-refractivity contribution in [2.75, 3.05) is 32.9 Å². The summed E-state index contributed by atoms with van der Waals surface area (Å²) in [6.07, 6.45) is 2.84. The first-order chi connectivity index (χ1) is 14.1. The summed E-state index contributed by atoms with van der Waals surface area (Å²) in [5, 5.41) is 0. The monoisotopic (exact) mass is 419 g/mol. The summed E-state index contributed by atoms with van der Waals surface area (Å²) < 4.78 is 44.1. The van der Waals surface area contributed by atoms with Crippen LogP contribution in [-0.4, -0.2) is 41.3 Å². The topological polar surface area (TPSA) is 73.9 Å². The molecular formula is C22H29NO5S. The SMILES string of the molecule is COCOCCCS(=O)(=O)NC(c1ccccc1)c1cccc(OCC2CC2)c1. The number of nitrogens with one attached hydrogen (secondary N) is 1. The van der Waals surface area contributed by atoms with Crippen LogP contribution in [0.4, 0.5) is 0 Å². The summed E-state index contributed by atoms with van der Waals surface area (Å²) in [6, 6.07) is 16.7. The molecule has 1 N–H and O–H groups in total. The van der Waals surface area contributed by atoms with Gasteiger partial charge in [0, 0.05) is 7.11 Å². The van der Waals surface area contributed by atoms with E-state index in [0.717, 1.165) is 16.9 Å². The first-order valence-corrected chi connectivity index (χ1v) is 11.6. The summed E-state index contributed by atoms with van der Waals surface area (Å²) in [5.74, 6) is 1.41. The summed E-state index contributed by atoms with van der Waals surface area (Å²) in [5.41, 5.74) is 1.73. The number of sulfonamides is 1. The highest BCUT2D eigenvalue weighted by Crippen LogP contribution is 2.31. The van der Waals surface area contributed by atoms with Crippen LogP contribution in [0.5, 0.6) is 5.75 Å². The second-order valence-corrected chi connectivity index (χ2v) is 9.15. The van der Waals surface area contributed by atoms with Crippen molar-refractivity contribution < 1.29 is 22.6 Å². The maximum absolute atomic E-state index is 12.7. The largest absolute Gasteiger partial charge is 0.493 e. The number of hydrogen-bond donors (Lipinski definition) is 1. The van der Waals surface area contributed by atoms with E-state index in [-0.39, 0.29) is 12.5 Å². The van der Waals surface area contributed by atoms with E-state index in [1.54, 1.807) is 0 Å². The number of methoxy groups -OCH3 is 1. The van der Waals surface area contributed by atoms with Crippen molar-refractivity contribution in [1.82, 2.24) is 4.72 Å². The molecule has 1 aliphatic rings. The Bertz CT molecular complexity index is 853. The average molecular weight is 420 g/mol. The van der Waals surface area contributed by atoms with Gasteiger partial charge in [0.1, 0.15) is 12.5 Å². The minimum Gasteiger partial charge on any atom is -0.493 e. The van der Waals surface area contributed by atoms with E-state index in [4.69, 9.17) is 14.2 Å². The molecular weight excluding hydrogens is 390 g/mol. The first-order valence-electron chi connectivity index (χ1n) is 9.92. The van der Waals surface area contributed by atoms with E-state index in [0.29, 0.717) is 25.6 Å². The van der Waals surface area contributed by atoms with Gasteiger partial charge in [-0.2, -0.15) is 0 Å². The Morgan fingerprint density at radius 3 is 2.55 bits per heavy atom. The molecule has 3 rings (SSSR count). The quantitative estimate of drug-likeness (QED) is 0.397. The fourth-order valence-corrected chi connectivity index (χ4v) is 4.24. The zero-order chi connectivity index (χ0) is 20.5. The van der Waals surface area contributed by atoms with Crippen LogP contribution in [0.2, 0.25) is 0 Å². The van der Waals surface area contributed by atoms with Crippen molar-refractivity contribution in [2.24, 2.45) is 5.92 Å². The van der Waals surface area contributed by atoms with E-state index in [2.05, 4.69) is 4.72 Å². The number of rotatable bonds is 13. The molecule has 0 heterocycles. The molecule has 1 atom stereocenters. The van der Waals surface area contributed by atoms with Crippen LogP contribution in [0.1, 0.15) is 36.4 Å². The van der Waals surface area contributed by atoms with Gasteiger partial charge in [0.15, 0.2) is 0 Å². The van der Waals surface area contributed by atoms with Crippen LogP contribution in [0.3, 0.4) is 0 Å². The van der Waals surface area contributed by atoms with Crippen molar-refractivity contribution in [2.45, 2.75) is 25.3 Å². The van der Waals surface area contributed by atoms with Crippen LogP contribution in [0.25, 0.3) is 0 Å². The van der Waals surface area contributed by atoms with Crippen molar-refractivity contribution in [3.63, 3.8) is 0 Å². The van der Waals surface area contributed by atoms with Gasteiger partial charge in [-0.1, -0.05) is 42.5 Å². The lowest BCUT2D eigenvalue weighted by Crippen LogP contribution is -2.31. The summed E-state index contributed by atoms with van der Waals surface area (Å²) in [4.78, 5) is 0. The Hall–Kier alpha value is -1.93. The average Bonchev–Trinajstić information content (AvgIpc) is 3.56. The molecule has 0 aliphatic heterocycles. The predicted octanol–water partition coefficient (Wildman–Crippen LogP) is 3.49. The van der Waals surface area contributed by atoms with Gasteiger partial charge in [0.2, 0.25) is 10.0 Å². The predicted molar refractivity (Wildman–Crippen MR) is 112 cm³/mol. The molecule has 1 fully saturated rings. The zero-order valence-corrected chi connectivity index (χ0v) is 17.6. The minimum absolute atomic E-state index is 0.0160. The lowest BCUT2D eigenvalue weighted by molar-refractivity contribution is -0.0298. The van der Waals surface area contributed by atoms with Crippen LogP contribution < -0.4 is 9.46 Å². The molecule has 7 heteroatoms. The molecule has 0 bridgehead atoms. The Kier molecular flexibility index (Phi) is 8.06. The molecule has 0 amide bonds. The first kappa shape index (κ1) is 21.8. The van der Waals surface area contributed by atoms with Gasteiger partial charge in [-0.25, -0.2) is 13.1 Å². The van der Waals surface area contributed by atoms with Gasteiger partial charge in [-0.3, -0.25) is 0 Å². The third-order valence-electron chi connectivity index (χ3n) is 4.71. The van der Waals surface area contributed by atoms with E-state index in [1.807, 2.05) is 54.6 Å². The van der Waals surface area contributed by atoms with Crippen LogP contribution in [0, 0.1) is 5.92 Å². The molecule has 2 aromatic rings. The lowest BCUT2D eigenvalue weighted by atomic mass is 9.99. The second-order valence-electron chi connectivity index (χ2n) is 7.28. The van der Waals surface area contributed by atoms with E-state index in [1.165, 1.54) is 20.0 Å². The molecule has 6 nitrogen and oxygen atoms in total. The number of ether oxygens (including phenoxy) is 3. The Labute approximate surface area is 173 Å². The standard InChI is InChI=1S/C22H29NO5S/c1-26-17-27-13-6-14-29(24,25)23-22(19-7-3-2-4-8-19)20-9-5-10-21(15-20)28-16-18-11-12-18/h2-5,7-10,15,18,22-23H,6,11-14,16-17H2,1H3. The molecule has 2 aromatic carbocycles. The van der Waals surface area contributed by atoms with Gasteiger partial charge < -0.3 is 14.2 Å². The Morgan fingerprint density at radius 2 is 1.83 bits per heavy atom. The smallest absolute Gasteiger partial charge is 0.212 e. The third kappa shape index (κ3) is 7.44. The van der Waals surface area contributed by atoms with Crippen LogP contribution in [0.15, 0.2) is 54.6 Å². The molecule has 158 valence electrons. The summed E-state index contributed by atoms with van der Waals surface area (Å²) in [7, 11) is -1.97.